The summed E-state index contributed by atoms with van der Waals surface area (Å²) in [6.07, 6.45) is -0.851. The highest BCUT2D eigenvalue weighted by Crippen LogP contribution is 2.48. The van der Waals surface area contributed by atoms with Crippen molar-refractivity contribution in [2.24, 2.45) is 0 Å². The lowest BCUT2D eigenvalue weighted by molar-refractivity contribution is -0.150. The Bertz CT molecular complexity index is 2430. The van der Waals surface area contributed by atoms with Crippen LogP contribution in [0.2, 0.25) is 0 Å². The first-order valence-corrected chi connectivity index (χ1v) is 25.1. The van der Waals surface area contributed by atoms with E-state index in [2.05, 4.69) is 78.9 Å². The van der Waals surface area contributed by atoms with Crippen molar-refractivity contribution in [1.82, 2.24) is 42.5 Å². The van der Waals surface area contributed by atoms with Gasteiger partial charge >= 0.3 is 12.1 Å². The van der Waals surface area contributed by atoms with Crippen LogP contribution in [0.3, 0.4) is 0 Å². The first kappa shape index (κ1) is 61.3. The minimum Gasteiger partial charge on any atom is -0.467 e. The van der Waals surface area contributed by atoms with Crippen LogP contribution in [0.4, 0.5) is 4.79 Å². The van der Waals surface area contributed by atoms with Crippen molar-refractivity contribution in [3.63, 3.8) is 0 Å². The smallest absolute Gasteiger partial charge is 0.408 e. The fourth-order valence-corrected chi connectivity index (χ4v) is 8.48. The molecule has 0 aliphatic carbocycles. The number of carbonyl (C=O) groups excluding carboxylic acids is 9. The van der Waals surface area contributed by atoms with E-state index in [0.29, 0.717) is 5.75 Å². The van der Waals surface area contributed by atoms with Crippen LogP contribution in [0.5, 0.6) is 0 Å². The molecule has 0 radical (unpaired) electrons. The lowest BCUT2D eigenvalue weighted by atomic mass is 9.84. The summed E-state index contributed by atoms with van der Waals surface area (Å²) in [4.78, 5) is 119. The number of benzene rings is 3. The van der Waals surface area contributed by atoms with Crippen molar-refractivity contribution >= 4 is 65.2 Å². The maximum absolute atomic E-state index is 13.7. The van der Waals surface area contributed by atoms with Crippen LogP contribution >= 0.6 is 11.8 Å². The summed E-state index contributed by atoms with van der Waals surface area (Å²) in [6.45, 7) is 21.1. The maximum atomic E-state index is 13.7. The summed E-state index contributed by atoms with van der Waals surface area (Å²) in [5, 5.41) is 20.6. The van der Waals surface area contributed by atoms with E-state index >= 15 is 0 Å². The van der Waals surface area contributed by atoms with Crippen molar-refractivity contribution in [2.45, 2.75) is 153 Å². The Morgan fingerprint density at radius 3 is 1.07 bits per heavy atom. The molecule has 0 aliphatic heterocycles. The van der Waals surface area contributed by atoms with Gasteiger partial charge in [-0.05, 0) is 121 Å². The summed E-state index contributed by atoms with van der Waals surface area (Å²) < 4.78 is 9.69. The molecule has 74 heavy (non-hydrogen) atoms. The highest BCUT2D eigenvalue weighted by molar-refractivity contribution is 8.00. The van der Waals surface area contributed by atoms with E-state index in [9.17, 15) is 43.2 Å². The fraction of sp³-hybridized carbons (Fsp3) is 0.500. The predicted octanol–water partition coefficient (Wildman–Crippen LogP) is 4.26. The van der Waals surface area contributed by atoms with E-state index < -0.39 is 103 Å². The molecule has 3 rings (SSSR count). The molecule has 0 spiro atoms. The summed E-state index contributed by atoms with van der Waals surface area (Å²) in [7, 11) is 1.17. The number of carbonyl (C=O) groups is 9. The van der Waals surface area contributed by atoms with Gasteiger partial charge in [0.05, 0.1) is 11.9 Å². The lowest BCUT2D eigenvalue weighted by Gasteiger charge is -2.36. The van der Waals surface area contributed by atoms with Gasteiger partial charge in [-0.15, -0.1) is 11.8 Å². The molecule has 0 saturated heterocycles. The maximum Gasteiger partial charge on any atom is 0.408 e. The summed E-state index contributed by atoms with van der Waals surface area (Å²) >= 11 is 1.61. The Morgan fingerprint density at radius 1 is 0.432 bits per heavy atom. The first-order chi connectivity index (χ1) is 34.0. The Morgan fingerprint density at radius 2 is 0.730 bits per heavy atom. The third-order valence-corrected chi connectivity index (χ3v) is 13.5. The predicted molar refractivity (Wildman–Crippen MR) is 283 cm³/mol. The second kappa shape index (κ2) is 23.9. The van der Waals surface area contributed by atoms with E-state index in [1.165, 1.54) is 111 Å². The lowest BCUT2D eigenvalue weighted by Crippen LogP contribution is -2.68. The molecule has 8 N–H and O–H groups in total. The van der Waals surface area contributed by atoms with Crippen LogP contribution in [0, 0.1) is 0 Å². The number of nitrogens with one attached hydrogen (secondary N) is 8. The second-order valence-corrected chi connectivity index (χ2v) is 23.0. The zero-order chi connectivity index (χ0) is 56.3. The Balaban J connectivity index is 1.56. The monoisotopic (exact) mass is 1040 g/mol. The van der Waals surface area contributed by atoms with E-state index in [1.54, 1.807) is 11.8 Å². The average Bonchev–Trinajstić information content (AvgIpc) is 3.31. The molecule has 0 heterocycles. The van der Waals surface area contributed by atoms with Gasteiger partial charge in [0.2, 0.25) is 41.4 Å². The quantitative estimate of drug-likeness (QED) is 0.0376. The normalized spacial score (nSPS) is 12.9. The van der Waals surface area contributed by atoms with Crippen LogP contribution in [0.1, 0.15) is 121 Å². The summed E-state index contributed by atoms with van der Waals surface area (Å²) in [5.74, 6) is -5.62. The highest BCUT2D eigenvalue weighted by Gasteiger charge is 2.44. The van der Waals surface area contributed by atoms with Gasteiger partial charge in [0.1, 0.15) is 51.4 Å². The molecule has 3 aromatic carbocycles. The van der Waals surface area contributed by atoms with E-state index in [0.717, 1.165) is 16.7 Å². The first-order valence-electron chi connectivity index (χ1n) is 24.1. The van der Waals surface area contributed by atoms with Crippen LogP contribution < -0.4 is 42.5 Å². The number of methoxy groups -OCH3 is 1. The number of hydrogen-bond donors (Lipinski definition) is 8. The van der Waals surface area contributed by atoms with Crippen molar-refractivity contribution in [3.8, 4) is 0 Å². The number of hydrogen-bond acceptors (Lipinski definition) is 12. The van der Waals surface area contributed by atoms with Gasteiger partial charge in [0.25, 0.3) is 0 Å². The zero-order valence-electron chi connectivity index (χ0n) is 45.6. The van der Waals surface area contributed by atoms with E-state index in [1.807, 2.05) is 54.6 Å². The fourth-order valence-electron chi connectivity index (χ4n) is 7.09. The number of thioether (sulfide) groups is 1. The molecule has 19 nitrogen and oxygen atoms in total. The topological polar surface area (TPSA) is 268 Å². The van der Waals surface area contributed by atoms with E-state index in [-0.39, 0.29) is 6.61 Å². The SMILES string of the molecule is COC(=O)C(C)(C)NC(=O)C(C)(C)NC(=O)C(C)(C)NC(=O)C(C)(C)NC(=O)[C@H](C)NC(=O)C(C)(C)NC(=O)C(C)(C)NC(=O)C(C)(C)NC(=O)OCCSC(c1ccccc1)(c1ccccc1)c1ccccc1. The molecule has 0 aliphatic rings. The molecule has 3 aromatic rings. The molecular weight excluding hydrogens is 969 g/mol. The summed E-state index contributed by atoms with van der Waals surface area (Å²) in [6, 6.07) is 28.9. The number of rotatable bonds is 23. The molecule has 0 saturated carbocycles. The van der Waals surface area contributed by atoms with Crippen LogP contribution in [0.15, 0.2) is 91.0 Å². The third-order valence-electron chi connectivity index (χ3n) is 12.0. The average molecular weight is 1050 g/mol. The molecule has 0 fully saturated rings. The number of alkyl carbamates (subject to hydrolysis) is 1. The largest absolute Gasteiger partial charge is 0.467 e. The van der Waals surface area contributed by atoms with Crippen LogP contribution in [-0.4, -0.2) is 118 Å². The number of amides is 8. The van der Waals surface area contributed by atoms with Gasteiger partial charge in [-0.25, -0.2) is 9.59 Å². The molecule has 0 bridgehead atoms. The number of ether oxygens (including phenoxy) is 2. The van der Waals surface area contributed by atoms with Crippen molar-refractivity contribution < 1.29 is 52.6 Å². The standard InChI is InChI=1S/C54H76N8O11S/c1-34(38(63)56-48(4,5)40(65)58-50(8,9)42(67)59-51(10,11)43(68)61-53(14,15)45(70)72-16)55-39(64)47(2,3)57-41(66)49(6,7)60-44(69)52(12,13)62-46(71)73-32-33-74-54(35-26-20-17-21-27-35,36-28-22-18-23-29-36)37-30-24-19-25-31-37/h17-31,34H,32-33H2,1-16H3,(H,55,64)(H,56,63)(H,57,66)(H,58,65)(H,59,67)(H,60,69)(H,61,68)(H,62,71)/t34-/m0/s1. The second-order valence-electron chi connectivity index (χ2n) is 21.7. The third kappa shape index (κ3) is 15.8. The van der Waals surface area contributed by atoms with Gasteiger partial charge < -0.3 is 52.0 Å². The molecule has 20 heteroatoms. The van der Waals surface area contributed by atoms with Crippen molar-refractivity contribution in [1.29, 1.82) is 0 Å². The summed E-state index contributed by atoms with van der Waals surface area (Å²) in [5.41, 5.74) is -7.91. The van der Waals surface area contributed by atoms with Crippen molar-refractivity contribution in [3.05, 3.63) is 108 Å². The van der Waals surface area contributed by atoms with Gasteiger partial charge in [-0.2, -0.15) is 0 Å². The Kier molecular flexibility index (Phi) is 19.8. The van der Waals surface area contributed by atoms with Crippen LogP contribution in [0.25, 0.3) is 0 Å². The van der Waals surface area contributed by atoms with Gasteiger partial charge in [0, 0.05) is 5.75 Å². The van der Waals surface area contributed by atoms with Gasteiger partial charge in [-0.1, -0.05) is 91.0 Å². The minimum absolute atomic E-state index is 0.00373. The van der Waals surface area contributed by atoms with Crippen LogP contribution in [-0.2, 0) is 52.6 Å². The van der Waals surface area contributed by atoms with Gasteiger partial charge in [-0.3, -0.25) is 33.6 Å². The van der Waals surface area contributed by atoms with E-state index in [4.69, 9.17) is 9.47 Å². The Labute approximate surface area is 439 Å². The molecule has 0 unspecified atom stereocenters. The molecule has 1 atom stereocenters. The Hall–Kier alpha value is -6.96. The molecule has 404 valence electrons. The zero-order valence-corrected chi connectivity index (χ0v) is 46.4. The number of esters is 1. The minimum atomic E-state index is -1.65. The van der Waals surface area contributed by atoms with Gasteiger partial charge in [0.15, 0.2) is 0 Å². The molecule has 8 amide bonds. The molecule has 0 aromatic heterocycles. The van der Waals surface area contributed by atoms with Crippen molar-refractivity contribution in [2.75, 3.05) is 19.5 Å². The highest BCUT2D eigenvalue weighted by atomic mass is 32.2. The molecular formula is C54H76N8O11S.